The van der Waals surface area contributed by atoms with Gasteiger partial charge in [0.2, 0.25) is 0 Å². The van der Waals surface area contributed by atoms with Gasteiger partial charge in [-0.3, -0.25) is 0 Å². The molecule has 0 heterocycles. The predicted molar refractivity (Wildman–Crippen MR) is 124 cm³/mol. The van der Waals surface area contributed by atoms with Gasteiger partial charge in [0.1, 0.15) is 5.75 Å². The molecule has 3 aromatic rings. The minimum absolute atomic E-state index is 0.821. The number of rotatable bonds is 6. The Morgan fingerprint density at radius 2 is 1.32 bits per heavy atom. The number of hydrogen-bond acceptors (Lipinski definition) is 4. The maximum absolute atomic E-state index is 5.59. The van der Waals surface area contributed by atoms with E-state index in [2.05, 4.69) is 99.3 Å². The largest absolute Gasteiger partial charge is 0.497 e. The van der Waals surface area contributed by atoms with Crippen molar-refractivity contribution in [3.05, 3.63) is 71.2 Å². The number of ether oxygens (including phenoxy) is 1. The molecule has 3 aromatic carbocycles. The molecule has 4 nitrogen and oxygen atoms in total. The molecule has 0 radical (unpaired) electrons. The van der Waals surface area contributed by atoms with E-state index in [1.165, 1.54) is 0 Å². The second kappa shape index (κ2) is 8.57. The molecule has 0 fully saturated rings. The van der Waals surface area contributed by atoms with Gasteiger partial charge in [-0.1, -0.05) is 18.2 Å². The third-order valence-corrected chi connectivity index (χ3v) is 5.26. The highest BCUT2D eigenvalue weighted by Gasteiger charge is 2.18. The fourth-order valence-electron chi connectivity index (χ4n) is 3.03. The third-order valence-electron chi connectivity index (χ3n) is 4.59. The highest BCUT2D eigenvalue weighted by Crippen LogP contribution is 2.42. The van der Waals surface area contributed by atoms with Crippen molar-refractivity contribution in [2.45, 2.75) is 0 Å². The molecule has 28 heavy (non-hydrogen) atoms. The van der Waals surface area contributed by atoms with Crippen LogP contribution in [-0.4, -0.2) is 35.3 Å². The summed E-state index contributed by atoms with van der Waals surface area (Å²) >= 11 is 3.76. The zero-order chi connectivity index (χ0) is 20.3. The Morgan fingerprint density at radius 1 is 0.679 bits per heavy atom. The lowest BCUT2D eigenvalue weighted by Crippen LogP contribution is -2.15. The van der Waals surface area contributed by atoms with Crippen molar-refractivity contribution in [3.8, 4) is 5.75 Å². The Bertz CT molecular complexity index is 942. The maximum Gasteiger partial charge on any atom is 0.123 e. The normalized spacial score (nSPS) is 10.5. The summed E-state index contributed by atoms with van der Waals surface area (Å²) in [5, 5.41) is 0. The van der Waals surface area contributed by atoms with Crippen LogP contribution in [0.2, 0.25) is 0 Å². The van der Waals surface area contributed by atoms with E-state index in [4.69, 9.17) is 4.74 Å². The van der Waals surface area contributed by atoms with E-state index in [1.807, 2.05) is 26.2 Å². The summed E-state index contributed by atoms with van der Waals surface area (Å²) in [5.41, 5.74) is 5.39. The van der Waals surface area contributed by atoms with E-state index in [-0.39, 0.29) is 0 Å². The molecule has 0 aliphatic carbocycles. The quantitative estimate of drug-likeness (QED) is 0.464. The molecule has 0 bridgehead atoms. The summed E-state index contributed by atoms with van der Waals surface area (Å²) < 4.78 is 6.61. The van der Waals surface area contributed by atoms with Crippen LogP contribution in [0.25, 0.3) is 0 Å². The maximum atomic E-state index is 5.59. The van der Waals surface area contributed by atoms with Gasteiger partial charge in [-0.2, -0.15) is 0 Å². The molecular weight excluding hydrogens is 414 g/mol. The summed E-state index contributed by atoms with van der Waals surface area (Å²) in [6.07, 6.45) is 0. The minimum atomic E-state index is 0.821. The van der Waals surface area contributed by atoms with E-state index in [9.17, 15) is 0 Å². The summed E-state index contributed by atoms with van der Waals surface area (Å²) in [6, 6.07) is 23.0. The molecule has 0 spiro atoms. The van der Waals surface area contributed by atoms with Gasteiger partial charge < -0.3 is 19.4 Å². The topological polar surface area (TPSA) is 19.0 Å². The van der Waals surface area contributed by atoms with Gasteiger partial charge in [0.25, 0.3) is 0 Å². The van der Waals surface area contributed by atoms with Crippen LogP contribution in [0.15, 0.2) is 71.2 Å². The van der Waals surface area contributed by atoms with Crippen molar-refractivity contribution in [3.63, 3.8) is 0 Å². The Kier molecular flexibility index (Phi) is 6.15. The average Bonchev–Trinajstić information content (AvgIpc) is 2.70. The molecule has 0 aliphatic heterocycles. The second-order valence-corrected chi connectivity index (χ2v) is 7.84. The number of anilines is 5. The van der Waals surface area contributed by atoms with Crippen LogP contribution >= 0.6 is 15.9 Å². The van der Waals surface area contributed by atoms with Crippen LogP contribution < -0.4 is 19.4 Å². The van der Waals surface area contributed by atoms with E-state index < -0.39 is 0 Å². The predicted octanol–water partition coefficient (Wildman–Crippen LogP) is 6.06. The number of methoxy groups -OCH3 is 1. The highest BCUT2D eigenvalue weighted by molar-refractivity contribution is 9.10. The number of halogens is 1. The van der Waals surface area contributed by atoms with E-state index in [0.717, 1.165) is 38.7 Å². The fraction of sp³-hybridized carbons (Fsp3) is 0.217. The van der Waals surface area contributed by atoms with Crippen molar-refractivity contribution in [2.24, 2.45) is 0 Å². The van der Waals surface area contributed by atoms with Crippen LogP contribution in [0.3, 0.4) is 0 Å². The Labute approximate surface area is 176 Å². The van der Waals surface area contributed by atoms with Gasteiger partial charge in [0, 0.05) is 61.9 Å². The zero-order valence-corrected chi connectivity index (χ0v) is 18.6. The number of benzene rings is 3. The van der Waals surface area contributed by atoms with E-state index in [1.54, 1.807) is 7.11 Å². The standard InChI is InChI=1S/C23H26BrN3O/c1-25(2)18-11-12-22(24)23(16-18)27(17-9-7-6-8-10-17)20-13-19(26(3)4)14-21(15-20)28-5/h6-16H,1-5H3. The van der Waals surface area contributed by atoms with Gasteiger partial charge in [-0.25, -0.2) is 0 Å². The molecule has 0 atom stereocenters. The first kappa shape index (κ1) is 20.1. The van der Waals surface area contributed by atoms with Gasteiger partial charge in [-0.15, -0.1) is 0 Å². The Morgan fingerprint density at radius 3 is 1.93 bits per heavy atom. The molecule has 0 aromatic heterocycles. The Hall–Kier alpha value is -2.66. The second-order valence-electron chi connectivity index (χ2n) is 6.98. The van der Waals surface area contributed by atoms with Crippen molar-refractivity contribution < 1.29 is 4.74 Å². The van der Waals surface area contributed by atoms with Crippen molar-refractivity contribution in [1.29, 1.82) is 0 Å². The number of para-hydroxylation sites is 1. The molecule has 146 valence electrons. The minimum Gasteiger partial charge on any atom is -0.497 e. The smallest absolute Gasteiger partial charge is 0.123 e. The van der Waals surface area contributed by atoms with E-state index >= 15 is 0 Å². The van der Waals surface area contributed by atoms with Crippen molar-refractivity contribution in [1.82, 2.24) is 0 Å². The first-order valence-corrected chi connectivity index (χ1v) is 9.88. The monoisotopic (exact) mass is 439 g/mol. The number of nitrogens with zero attached hydrogens (tertiary/aromatic N) is 3. The molecule has 5 heteroatoms. The van der Waals surface area contributed by atoms with Crippen LogP contribution in [-0.2, 0) is 0 Å². The molecule has 0 N–H and O–H groups in total. The van der Waals surface area contributed by atoms with Crippen molar-refractivity contribution >= 4 is 44.4 Å². The third kappa shape index (κ3) is 4.25. The van der Waals surface area contributed by atoms with Gasteiger partial charge in [0.05, 0.1) is 18.5 Å². The first-order chi connectivity index (χ1) is 13.4. The summed E-state index contributed by atoms with van der Waals surface area (Å²) in [4.78, 5) is 6.43. The average molecular weight is 440 g/mol. The highest BCUT2D eigenvalue weighted by atomic mass is 79.9. The molecular formula is C23H26BrN3O. The lowest BCUT2D eigenvalue weighted by atomic mass is 10.1. The van der Waals surface area contributed by atoms with Gasteiger partial charge in [-0.05, 0) is 52.3 Å². The number of hydrogen-bond donors (Lipinski definition) is 0. The van der Waals surface area contributed by atoms with Crippen LogP contribution in [0, 0.1) is 0 Å². The Balaban J connectivity index is 2.26. The summed E-state index contributed by atoms with van der Waals surface area (Å²) in [5.74, 6) is 0.821. The lowest BCUT2D eigenvalue weighted by molar-refractivity contribution is 0.415. The van der Waals surface area contributed by atoms with E-state index in [0.29, 0.717) is 0 Å². The van der Waals surface area contributed by atoms with Gasteiger partial charge >= 0.3 is 0 Å². The van der Waals surface area contributed by atoms with Crippen LogP contribution in [0.4, 0.5) is 28.4 Å². The summed E-state index contributed by atoms with van der Waals surface area (Å²) in [7, 11) is 9.88. The first-order valence-electron chi connectivity index (χ1n) is 9.09. The molecule has 0 unspecified atom stereocenters. The van der Waals surface area contributed by atoms with Crippen molar-refractivity contribution in [2.75, 3.05) is 50.0 Å². The molecule has 0 saturated heterocycles. The fourth-order valence-corrected chi connectivity index (χ4v) is 3.45. The van der Waals surface area contributed by atoms with Crippen LogP contribution in [0.5, 0.6) is 5.75 Å². The lowest BCUT2D eigenvalue weighted by Gasteiger charge is -2.29. The van der Waals surface area contributed by atoms with Crippen LogP contribution in [0.1, 0.15) is 0 Å². The molecule has 0 aliphatic rings. The van der Waals surface area contributed by atoms with Gasteiger partial charge in [0.15, 0.2) is 0 Å². The summed E-state index contributed by atoms with van der Waals surface area (Å²) in [6.45, 7) is 0. The molecule has 0 saturated carbocycles. The SMILES string of the molecule is COc1cc(N(C)C)cc(N(c2ccccc2)c2cc(N(C)C)ccc2Br)c1. The molecule has 3 rings (SSSR count). The molecule has 0 amide bonds. The zero-order valence-electron chi connectivity index (χ0n) is 17.0.